The zero-order valence-corrected chi connectivity index (χ0v) is 12.5. The summed E-state index contributed by atoms with van der Waals surface area (Å²) in [5.74, 6) is -2.60. The summed E-state index contributed by atoms with van der Waals surface area (Å²) in [6, 6.07) is 7.50. The molecule has 23 heavy (non-hydrogen) atoms. The van der Waals surface area contributed by atoms with Crippen molar-refractivity contribution in [1.82, 2.24) is 10.3 Å². The molecule has 0 aliphatic heterocycles. The van der Waals surface area contributed by atoms with Gasteiger partial charge >= 0.3 is 11.9 Å². The Morgan fingerprint density at radius 1 is 1.30 bits per heavy atom. The average Bonchev–Trinajstić information content (AvgIpc) is 2.53. The van der Waals surface area contributed by atoms with Gasteiger partial charge in [0.05, 0.1) is 24.1 Å². The van der Waals surface area contributed by atoms with Crippen molar-refractivity contribution in [3.63, 3.8) is 0 Å². The summed E-state index contributed by atoms with van der Waals surface area (Å²) < 4.78 is 4.70. The number of fused-ring (bicyclic) bond motifs is 1. The Morgan fingerprint density at radius 2 is 2.04 bits per heavy atom. The van der Waals surface area contributed by atoms with Crippen molar-refractivity contribution in [1.29, 1.82) is 0 Å². The highest BCUT2D eigenvalue weighted by molar-refractivity contribution is 5.99. The molecular weight excluding hydrogens is 300 g/mol. The molecule has 7 heteroatoms. The first-order chi connectivity index (χ1) is 11.0. The number of rotatable bonds is 6. The first-order valence-corrected chi connectivity index (χ1v) is 7.05. The standard InChI is InChI=1S/C16H16N2O5/c1-2-23-14(19)8-13(16(21)22)18-15(20)11-7-10-5-3-4-6-12(10)17-9-11/h3-7,9,13H,2,8H2,1H3,(H,18,20)(H,21,22)/t13-/m1/s1. The number of esters is 1. The summed E-state index contributed by atoms with van der Waals surface area (Å²) in [4.78, 5) is 38.9. The van der Waals surface area contributed by atoms with Gasteiger partial charge in [-0.3, -0.25) is 14.6 Å². The lowest BCUT2D eigenvalue weighted by Crippen LogP contribution is -2.42. The van der Waals surface area contributed by atoms with Crippen molar-refractivity contribution < 1.29 is 24.2 Å². The molecular formula is C16H16N2O5. The summed E-state index contributed by atoms with van der Waals surface area (Å²) >= 11 is 0. The van der Waals surface area contributed by atoms with Crippen LogP contribution in [0, 0.1) is 0 Å². The summed E-state index contributed by atoms with van der Waals surface area (Å²) in [5, 5.41) is 12.2. The number of carbonyl (C=O) groups is 3. The van der Waals surface area contributed by atoms with Crippen molar-refractivity contribution >= 4 is 28.7 Å². The molecule has 0 fully saturated rings. The number of hydrogen-bond donors (Lipinski definition) is 2. The average molecular weight is 316 g/mol. The zero-order chi connectivity index (χ0) is 16.8. The second kappa shape index (κ2) is 7.35. The van der Waals surface area contributed by atoms with Crippen LogP contribution in [-0.4, -0.2) is 40.6 Å². The van der Waals surface area contributed by atoms with Gasteiger partial charge in [-0.2, -0.15) is 0 Å². The van der Waals surface area contributed by atoms with E-state index < -0.39 is 30.3 Å². The Bertz CT molecular complexity index is 744. The van der Waals surface area contributed by atoms with Crippen LogP contribution in [0.15, 0.2) is 36.5 Å². The Hall–Kier alpha value is -2.96. The lowest BCUT2D eigenvalue weighted by Gasteiger charge is -2.13. The molecule has 1 amide bonds. The minimum Gasteiger partial charge on any atom is -0.480 e. The Morgan fingerprint density at radius 3 is 2.74 bits per heavy atom. The predicted octanol–water partition coefficient (Wildman–Crippen LogP) is 1.37. The van der Waals surface area contributed by atoms with Crippen LogP contribution in [0.25, 0.3) is 10.9 Å². The molecule has 2 aromatic rings. The van der Waals surface area contributed by atoms with Gasteiger partial charge in [0.1, 0.15) is 6.04 Å². The summed E-state index contributed by atoms with van der Waals surface area (Å²) in [6.07, 6.45) is 0.927. The maximum absolute atomic E-state index is 12.2. The fraction of sp³-hybridized carbons (Fsp3) is 0.250. The van der Waals surface area contributed by atoms with E-state index in [1.165, 1.54) is 6.20 Å². The minimum absolute atomic E-state index is 0.147. The highest BCUT2D eigenvalue weighted by atomic mass is 16.5. The van der Waals surface area contributed by atoms with Gasteiger partial charge in [0.25, 0.3) is 5.91 Å². The lowest BCUT2D eigenvalue weighted by atomic mass is 10.1. The van der Waals surface area contributed by atoms with Crippen molar-refractivity contribution in [3.05, 3.63) is 42.1 Å². The van der Waals surface area contributed by atoms with Gasteiger partial charge in [0, 0.05) is 11.6 Å². The van der Waals surface area contributed by atoms with E-state index in [-0.39, 0.29) is 12.2 Å². The first-order valence-electron chi connectivity index (χ1n) is 7.05. The minimum atomic E-state index is -1.35. The molecule has 7 nitrogen and oxygen atoms in total. The van der Waals surface area contributed by atoms with Crippen molar-refractivity contribution in [2.24, 2.45) is 0 Å². The smallest absolute Gasteiger partial charge is 0.326 e. The van der Waals surface area contributed by atoms with Gasteiger partial charge < -0.3 is 15.2 Å². The number of aromatic nitrogens is 1. The molecule has 0 unspecified atom stereocenters. The molecule has 0 saturated heterocycles. The quantitative estimate of drug-likeness (QED) is 0.780. The molecule has 2 rings (SSSR count). The topological polar surface area (TPSA) is 106 Å². The van der Waals surface area contributed by atoms with E-state index >= 15 is 0 Å². The number of carboxylic acids is 1. The van der Waals surface area contributed by atoms with E-state index in [9.17, 15) is 14.4 Å². The Kier molecular flexibility index (Phi) is 5.24. The van der Waals surface area contributed by atoms with E-state index in [1.807, 2.05) is 12.1 Å². The molecule has 1 heterocycles. The van der Waals surface area contributed by atoms with Crippen LogP contribution in [0.4, 0.5) is 0 Å². The molecule has 1 atom stereocenters. The molecule has 1 aromatic heterocycles. The van der Waals surface area contributed by atoms with E-state index in [2.05, 4.69) is 10.3 Å². The van der Waals surface area contributed by atoms with Crippen molar-refractivity contribution in [2.45, 2.75) is 19.4 Å². The third-order valence-corrected chi connectivity index (χ3v) is 3.13. The number of hydrogen-bond acceptors (Lipinski definition) is 5. The van der Waals surface area contributed by atoms with Crippen LogP contribution in [0.5, 0.6) is 0 Å². The Balaban J connectivity index is 2.13. The first kappa shape index (κ1) is 16.4. The Labute approximate surface area is 132 Å². The number of para-hydroxylation sites is 1. The summed E-state index contributed by atoms with van der Waals surface area (Å²) in [7, 11) is 0. The van der Waals surface area contributed by atoms with E-state index in [4.69, 9.17) is 9.84 Å². The number of nitrogens with one attached hydrogen (secondary N) is 1. The molecule has 0 aliphatic carbocycles. The number of nitrogens with zero attached hydrogens (tertiary/aromatic N) is 1. The number of pyridine rings is 1. The second-order valence-corrected chi connectivity index (χ2v) is 4.79. The van der Waals surface area contributed by atoms with Crippen molar-refractivity contribution in [2.75, 3.05) is 6.61 Å². The van der Waals surface area contributed by atoms with Gasteiger partial charge in [-0.05, 0) is 19.1 Å². The lowest BCUT2D eigenvalue weighted by molar-refractivity contribution is -0.149. The van der Waals surface area contributed by atoms with Gasteiger partial charge in [-0.25, -0.2) is 4.79 Å². The van der Waals surface area contributed by atoms with Gasteiger partial charge in [0.15, 0.2) is 0 Å². The molecule has 0 aliphatic rings. The third-order valence-electron chi connectivity index (χ3n) is 3.13. The van der Waals surface area contributed by atoms with Crippen LogP contribution in [0.2, 0.25) is 0 Å². The number of carbonyl (C=O) groups excluding carboxylic acids is 2. The molecule has 0 saturated carbocycles. The molecule has 120 valence electrons. The number of amides is 1. The largest absolute Gasteiger partial charge is 0.480 e. The van der Waals surface area contributed by atoms with Crippen LogP contribution in [-0.2, 0) is 14.3 Å². The van der Waals surface area contributed by atoms with E-state index in [1.54, 1.807) is 25.1 Å². The SMILES string of the molecule is CCOC(=O)C[C@@H](NC(=O)c1cnc2ccccc2c1)C(=O)O. The number of benzene rings is 1. The summed E-state index contributed by atoms with van der Waals surface area (Å²) in [6.45, 7) is 1.76. The highest BCUT2D eigenvalue weighted by Gasteiger charge is 2.24. The summed E-state index contributed by atoms with van der Waals surface area (Å²) in [5.41, 5.74) is 0.948. The number of carboxylic acid groups (broad SMARTS) is 1. The van der Waals surface area contributed by atoms with Crippen LogP contribution < -0.4 is 5.32 Å². The molecule has 0 bridgehead atoms. The monoisotopic (exact) mass is 316 g/mol. The fourth-order valence-corrected chi connectivity index (χ4v) is 2.02. The molecule has 0 spiro atoms. The van der Waals surface area contributed by atoms with Gasteiger partial charge in [-0.15, -0.1) is 0 Å². The van der Waals surface area contributed by atoms with E-state index in [0.717, 1.165) is 10.9 Å². The fourth-order valence-electron chi connectivity index (χ4n) is 2.02. The van der Waals surface area contributed by atoms with Crippen LogP contribution in [0.1, 0.15) is 23.7 Å². The third kappa shape index (κ3) is 4.26. The van der Waals surface area contributed by atoms with Gasteiger partial charge in [-0.1, -0.05) is 18.2 Å². The van der Waals surface area contributed by atoms with Crippen molar-refractivity contribution in [3.8, 4) is 0 Å². The number of ether oxygens (including phenoxy) is 1. The molecule has 2 N–H and O–H groups in total. The van der Waals surface area contributed by atoms with E-state index in [0.29, 0.717) is 0 Å². The molecule has 1 aromatic carbocycles. The van der Waals surface area contributed by atoms with Crippen LogP contribution in [0.3, 0.4) is 0 Å². The molecule has 0 radical (unpaired) electrons. The normalized spacial score (nSPS) is 11.7. The zero-order valence-electron chi connectivity index (χ0n) is 12.5. The maximum Gasteiger partial charge on any atom is 0.326 e. The van der Waals surface area contributed by atoms with Crippen LogP contribution >= 0.6 is 0 Å². The maximum atomic E-state index is 12.2. The second-order valence-electron chi connectivity index (χ2n) is 4.79. The number of aliphatic carboxylic acids is 1. The van der Waals surface area contributed by atoms with Gasteiger partial charge in [0.2, 0.25) is 0 Å². The highest BCUT2D eigenvalue weighted by Crippen LogP contribution is 2.13. The predicted molar refractivity (Wildman–Crippen MR) is 81.9 cm³/mol.